The van der Waals surface area contributed by atoms with Crippen molar-refractivity contribution in [3.05, 3.63) is 28.8 Å². The average Bonchev–Trinajstić information content (AvgIpc) is 2.03. The molecule has 0 bridgehead atoms. The van der Waals surface area contributed by atoms with Crippen LogP contribution in [-0.4, -0.2) is 11.4 Å². The Kier molecular flexibility index (Phi) is 3.44. The van der Waals surface area contributed by atoms with Crippen LogP contribution >= 0.6 is 23.4 Å². The molecule has 1 atom stereocenters. The van der Waals surface area contributed by atoms with Crippen LogP contribution in [0.3, 0.4) is 0 Å². The Bertz CT molecular complexity index is 273. The van der Waals surface area contributed by atoms with Gasteiger partial charge in [-0.15, -0.1) is 11.8 Å². The Hall–Kier alpha value is -0.180. The fraction of sp³-hybridized carbons (Fsp3) is 0.333. The number of halogens is 1. The lowest BCUT2D eigenvalue weighted by Gasteiger charge is -2.06. The van der Waals surface area contributed by atoms with Gasteiger partial charge in [-0.2, -0.15) is 0 Å². The summed E-state index contributed by atoms with van der Waals surface area (Å²) in [7, 11) is 0. The zero-order valence-electron chi connectivity index (χ0n) is 7.04. The van der Waals surface area contributed by atoms with Crippen molar-refractivity contribution in [1.82, 2.24) is 0 Å². The lowest BCUT2D eigenvalue weighted by atomic mass is 10.1. The van der Waals surface area contributed by atoms with Crippen LogP contribution in [0.4, 0.5) is 0 Å². The van der Waals surface area contributed by atoms with E-state index in [-0.39, 0.29) is 0 Å². The number of hydrogen-bond acceptors (Lipinski definition) is 2. The summed E-state index contributed by atoms with van der Waals surface area (Å²) < 4.78 is 0. The van der Waals surface area contributed by atoms with Gasteiger partial charge in [-0.05, 0) is 36.9 Å². The molecule has 12 heavy (non-hydrogen) atoms. The van der Waals surface area contributed by atoms with Crippen LogP contribution in [0.1, 0.15) is 18.6 Å². The standard InChI is InChI=1S/C9H11ClOS/c1-6(11)7-3-8(10)5-9(4-7)12-2/h3-6,11H,1-2H3. The smallest absolute Gasteiger partial charge is 0.0762 e. The van der Waals surface area contributed by atoms with Crippen LogP contribution in [-0.2, 0) is 0 Å². The highest BCUT2D eigenvalue weighted by Crippen LogP contribution is 2.25. The van der Waals surface area contributed by atoms with Gasteiger partial charge in [-0.3, -0.25) is 0 Å². The van der Waals surface area contributed by atoms with Crippen molar-refractivity contribution in [3.63, 3.8) is 0 Å². The highest BCUT2D eigenvalue weighted by Gasteiger charge is 2.03. The second kappa shape index (κ2) is 4.17. The second-order valence-corrected chi connectivity index (χ2v) is 3.92. The Morgan fingerprint density at radius 2 is 2.08 bits per heavy atom. The van der Waals surface area contributed by atoms with Gasteiger partial charge in [0.2, 0.25) is 0 Å². The van der Waals surface area contributed by atoms with Gasteiger partial charge in [0, 0.05) is 9.92 Å². The molecule has 1 aromatic rings. The van der Waals surface area contributed by atoms with E-state index in [2.05, 4.69) is 0 Å². The van der Waals surface area contributed by atoms with Gasteiger partial charge in [0.1, 0.15) is 0 Å². The first-order chi connectivity index (χ1) is 5.63. The Balaban J connectivity index is 3.06. The zero-order valence-corrected chi connectivity index (χ0v) is 8.62. The average molecular weight is 203 g/mol. The molecule has 0 amide bonds. The maximum absolute atomic E-state index is 9.30. The fourth-order valence-corrected chi connectivity index (χ4v) is 1.75. The highest BCUT2D eigenvalue weighted by molar-refractivity contribution is 7.98. The SMILES string of the molecule is CSc1cc(Cl)cc(C(C)O)c1. The molecule has 1 nitrogen and oxygen atoms in total. The van der Waals surface area contributed by atoms with Crippen molar-refractivity contribution in [1.29, 1.82) is 0 Å². The molecule has 0 spiro atoms. The van der Waals surface area contributed by atoms with Crippen molar-refractivity contribution in [2.75, 3.05) is 6.26 Å². The first-order valence-electron chi connectivity index (χ1n) is 3.66. The Morgan fingerprint density at radius 1 is 1.42 bits per heavy atom. The molecule has 1 aromatic carbocycles. The minimum absolute atomic E-state index is 0.449. The summed E-state index contributed by atoms with van der Waals surface area (Å²) >= 11 is 7.47. The van der Waals surface area contributed by atoms with Crippen LogP contribution in [0.15, 0.2) is 23.1 Å². The molecule has 0 aliphatic rings. The molecule has 1 rings (SSSR count). The maximum Gasteiger partial charge on any atom is 0.0762 e. The van der Waals surface area contributed by atoms with Gasteiger partial charge in [0.05, 0.1) is 6.10 Å². The molecule has 3 heteroatoms. The van der Waals surface area contributed by atoms with Gasteiger partial charge in [0.15, 0.2) is 0 Å². The van der Waals surface area contributed by atoms with Crippen molar-refractivity contribution >= 4 is 23.4 Å². The first kappa shape index (κ1) is 9.90. The third-order valence-corrected chi connectivity index (χ3v) is 2.54. The van der Waals surface area contributed by atoms with Gasteiger partial charge in [-0.1, -0.05) is 11.6 Å². The van der Waals surface area contributed by atoms with Crippen LogP contribution in [0.2, 0.25) is 5.02 Å². The van der Waals surface area contributed by atoms with E-state index in [0.29, 0.717) is 5.02 Å². The summed E-state index contributed by atoms with van der Waals surface area (Å²) in [5.74, 6) is 0. The van der Waals surface area contributed by atoms with Gasteiger partial charge in [0.25, 0.3) is 0 Å². The molecule has 0 radical (unpaired) electrons. The van der Waals surface area contributed by atoms with Crippen molar-refractivity contribution < 1.29 is 5.11 Å². The fourth-order valence-electron chi connectivity index (χ4n) is 0.943. The first-order valence-corrected chi connectivity index (χ1v) is 5.26. The van der Waals surface area contributed by atoms with Crippen molar-refractivity contribution in [2.45, 2.75) is 17.9 Å². The quantitative estimate of drug-likeness (QED) is 0.744. The van der Waals surface area contributed by atoms with E-state index in [9.17, 15) is 5.11 Å². The largest absolute Gasteiger partial charge is 0.389 e. The minimum Gasteiger partial charge on any atom is -0.389 e. The van der Waals surface area contributed by atoms with E-state index in [0.717, 1.165) is 10.5 Å². The predicted octanol–water partition coefficient (Wildman–Crippen LogP) is 3.12. The van der Waals surface area contributed by atoms with E-state index in [4.69, 9.17) is 11.6 Å². The normalized spacial score (nSPS) is 13.0. The second-order valence-electron chi connectivity index (χ2n) is 2.60. The lowest BCUT2D eigenvalue weighted by Crippen LogP contribution is -1.90. The number of aliphatic hydroxyl groups excluding tert-OH is 1. The Labute approximate surface area is 81.7 Å². The predicted molar refractivity (Wildman–Crippen MR) is 53.9 cm³/mol. The summed E-state index contributed by atoms with van der Waals surface area (Å²) in [4.78, 5) is 1.08. The van der Waals surface area contributed by atoms with Crippen molar-refractivity contribution in [3.8, 4) is 0 Å². The van der Waals surface area contributed by atoms with Gasteiger partial charge in [-0.25, -0.2) is 0 Å². The summed E-state index contributed by atoms with van der Waals surface area (Å²) in [5, 5.41) is 9.98. The number of hydrogen-bond donors (Lipinski definition) is 1. The van der Waals surface area contributed by atoms with Gasteiger partial charge < -0.3 is 5.11 Å². The molecule has 0 aliphatic heterocycles. The molecular formula is C9H11ClOS. The molecular weight excluding hydrogens is 192 g/mol. The van der Waals surface area contributed by atoms with E-state index in [1.807, 2.05) is 18.4 Å². The van der Waals surface area contributed by atoms with Crippen LogP contribution in [0, 0.1) is 0 Å². The van der Waals surface area contributed by atoms with E-state index < -0.39 is 6.10 Å². The molecule has 0 fully saturated rings. The number of rotatable bonds is 2. The molecule has 0 saturated heterocycles. The number of aliphatic hydroxyl groups is 1. The summed E-state index contributed by atoms with van der Waals surface area (Å²) in [5.41, 5.74) is 0.867. The van der Waals surface area contributed by atoms with Crippen molar-refractivity contribution in [2.24, 2.45) is 0 Å². The molecule has 0 aromatic heterocycles. The van der Waals surface area contributed by atoms with Crippen LogP contribution < -0.4 is 0 Å². The van der Waals surface area contributed by atoms with E-state index in [1.54, 1.807) is 24.8 Å². The summed E-state index contributed by atoms with van der Waals surface area (Å²) in [6.45, 7) is 1.73. The van der Waals surface area contributed by atoms with E-state index in [1.165, 1.54) is 0 Å². The van der Waals surface area contributed by atoms with Gasteiger partial charge >= 0.3 is 0 Å². The molecule has 0 aliphatic carbocycles. The third kappa shape index (κ3) is 2.41. The van der Waals surface area contributed by atoms with E-state index >= 15 is 0 Å². The molecule has 1 N–H and O–H groups in total. The molecule has 66 valence electrons. The summed E-state index contributed by atoms with van der Waals surface area (Å²) in [6, 6.07) is 5.62. The minimum atomic E-state index is -0.449. The number of benzene rings is 1. The lowest BCUT2D eigenvalue weighted by molar-refractivity contribution is 0.199. The van der Waals surface area contributed by atoms with Crippen LogP contribution in [0.25, 0.3) is 0 Å². The topological polar surface area (TPSA) is 20.2 Å². The maximum atomic E-state index is 9.30. The number of thioether (sulfide) groups is 1. The third-order valence-electron chi connectivity index (χ3n) is 1.61. The molecule has 0 heterocycles. The molecule has 0 saturated carbocycles. The zero-order chi connectivity index (χ0) is 9.14. The monoisotopic (exact) mass is 202 g/mol. The van der Waals surface area contributed by atoms with Crippen LogP contribution in [0.5, 0.6) is 0 Å². The summed E-state index contributed by atoms with van der Waals surface area (Å²) in [6.07, 6.45) is 1.53. The molecule has 1 unspecified atom stereocenters. The highest BCUT2D eigenvalue weighted by atomic mass is 35.5. The Morgan fingerprint density at radius 3 is 2.58 bits per heavy atom.